The lowest BCUT2D eigenvalue weighted by molar-refractivity contribution is -0.143. The Morgan fingerprint density at radius 2 is 1.81 bits per heavy atom. The van der Waals surface area contributed by atoms with E-state index in [1.165, 1.54) is 31.4 Å². The molecule has 0 spiro atoms. The number of methoxy groups -OCH3 is 1. The molecule has 2 aromatic rings. The highest BCUT2D eigenvalue weighted by atomic mass is 19.1. The Kier molecular flexibility index (Phi) is 5.91. The summed E-state index contributed by atoms with van der Waals surface area (Å²) in [5.41, 5.74) is 1.29. The molecular weight excluding hydrogens is 354 g/mol. The minimum absolute atomic E-state index is 0.0845. The van der Waals surface area contributed by atoms with Crippen LogP contribution in [0.3, 0.4) is 0 Å². The summed E-state index contributed by atoms with van der Waals surface area (Å²) in [5, 5.41) is 9.75. The van der Waals surface area contributed by atoms with Gasteiger partial charge in [0.05, 0.1) is 7.11 Å². The average Bonchev–Trinajstić information content (AvgIpc) is 2.89. The van der Waals surface area contributed by atoms with Crippen LogP contribution in [0.5, 0.6) is 5.75 Å². The predicted molar refractivity (Wildman–Crippen MR) is 98.1 cm³/mol. The Morgan fingerprint density at radius 1 is 1.07 bits per heavy atom. The van der Waals surface area contributed by atoms with Crippen molar-refractivity contribution >= 4 is 11.7 Å². The van der Waals surface area contributed by atoms with Gasteiger partial charge >= 0.3 is 5.97 Å². The molecule has 1 N–H and O–H groups in total. The van der Waals surface area contributed by atoms with Crippen LogP contribution in [-0.4, -0.2) is 49.3 Å². The lowest BCUT2D eigenvalue weighted by Crippen LogP contribution is -2.37. The van der Waals surface area contributed by atoms with Gasteiger partial charge in [0.1, 0.15) is 11.9 Å². The van der Waals surface area contributed by atoms with Gasteiger partial charge in [-0.1, -0.05) is 6.07 Å². The van der Waals surface area contributed by atoms with Crippen LogP contribution in [0, 0.1) is 11.6 Å². The van der Waals surface area contributed by atoms with Crippen molar-refractivity contribution in [3.05, 3.63) is 59.7 Å². The fourth-order valence-electron chi connectivity index (χ4n) is 3.47. The van der Waals surface area contributed by atoms with Crippen molar-refractivity contribution in [1.29, 1.82) is 0 Å². The van der Waals surface area contributed by atoms with Crippen molar-refractivity contribution in [3.8, 4) is 5.75 Å². The summed E-state index contributed by atoms with van der Waals surface area (Å²) < 4.78 is 32.1. The molecule has 144 valence electrons. The first-order chi connectivity index (χ1) is 13.0. The Labute approximate surface area is 156 Å². The fraction of sp³-hybridized carbons (Fsp3) is 0.350. The zero-order chi connectivity index (χ0) is 19.4. The fourth-order valence-corrected chi connectivity index (χ4v) is 3.47. The molecule has 0 aliphatic carbocycles. The van der Waals surface area contributed by atoms with Gasteiger partial charge in [-0.2, -0.15) is 0 Å². The number of ether oxygens (including phenoxy) is 1. The van der Waals surface area contributed by atoms with Crippen molar-refractivity contribution in [2.24, 2.45) is 0 Å². The second-order valence-electron chi connectivity index (χ2n) is 6.49. The Morgan fingerprint density at radius 3 is 2.44 bits per heavy atom. The van der Waals surface area contributed by atoms with Crippen LogP contribution in [0.1, 0.15) is 18.0 Å². The van der Waals surface area contributed by atoms with Crippen LogP contribution in [0.15, 0.2) is 42.5 Å². The van der Waals surface area contributed by atoms with Gasteiger partial charge in [-0.25, -0.2) is 8.78 Å². The smallest absolute Gasteiger partial charge is 0.325 e. The Bertz CT molecular complexity index is 798. The van der Waals surface area contributed by atoms with Crippen molar-refractivity contribution < 1.29 is 23.4 Å². The molecule has 2 aromatic carbocycles. The van der Waals surface area contributed by atoms with Crippen LogP contribution in [0.4, 0.5) is 14.5 Å². The van der Waals surface area contributed by atoms with Crippen molar-refractivity contribution in [3.63, 3.8) is 0 Å². The van der Waals surface area contributed by atoms with Gasteiger partial charge in [-0.3, -0.25) is 9.69 Å². The monoisotopic (exact) mass is 376 g/mol. The van der Waals surface area contributed by atoms with Gasteiger partial charge in [-0.05, 0) is 48.4 Å². The van der Waals surface area contributed by atoms with Gasteiger partial charge in [0.25, 0.3) is 0 Å². The number of benzene rings is 2. The van der Waals surface area contributed by atoms with E-state index >= 15 is 0 Å². The average molecular weight is 376 g/mol. The maximum absolute atomic E-state index is 14.1. The molecule has 1 aliphatic rings. The molecule has 1 saturated heterocycles. The lowest BCUT2D eigenvalue weighted by Gasteiger charge is -2.28. The summed E-state index contributed by atoms with van der Waals surface area (Å²) in [5.74, 6) is -1.80. The zero-order valence-corrected chi connectivity index (χ0v) is 15.1. The number of rotatable bonds is 5. The molecule has 0 aromatic heterocycles. The number of aliphatic carboxylic acids is 1. The van der Waals surface area contributed by atoms with E-state index in [2.05, 4.69) is 4.90 Å². The number of hydrogen-bond donors (Lipinski definition) is 1. The quantitative estimate of drug-likeness (QED) is 0.868. The second kappa shape index (κ2) is 8.35. The van der Waals surface area contributed by atoms with Crippen molar-refractivity contribution in [2.45, 2.75) is 12.5 Å². The summed E-state index contributed by atoms with van der Waals surface area (Å²) in [6, 6.07) is 9.60. The largest absolute Gasteiger partial charge is 0.494 e. The third-order valence-electron chi connectivity index (χ3n) is 4.81. The standard InChI is InChI=1S/C20H22F2N2O3/c1-27-18-8-3-14(13-17(18)22)19(20(25)26)24-10-2-9-23(11-12-24)16-6-4-15(21)5-7-16/h3-8,13,19H,2,9-12H2,1H3,(H,25,26)/t19-/m1/s1. The first-order valence-corrected chi connectivity index (χ1v) is 8.80. The van der Waals surface area contributed by atoms with Crippen LogP contribution in [-0.2, 0) is 4.79 Å². The topological polar surface area (TPSA) is 53.0 Å². The molecule has 1 atom stereocenters. The molecule has 0 radical (unpaired) electrons. The third-order valence-corrected chi connectivity index (χ3v) is 4.81. The number of hydrogen-bond acceptors (Lipinski definition) is 4. The lowest BCUT2D eigenvalue weighted by atomic mass is 10.0. The van der Waals surface area contributed by atoms with Crippen molar-refractivity contribution in [2.75, 3.05) is 38.2 Å². The predicted octanol–water partition coefficient (Wildman–Crippen LogP) is 3.31. The van der Waals surface area contributed by atoms with E-state index in [9.17, 15) is 18.7 Å². The molecule has 0 amide bonds. The number of carbonyl (C=O) groups is 1. The van der Waals surface area contributed by atoms with Gasteiger partial charge in [0.2, 0.25) is 0 Å². The first kappa shape index (κ1) is 19.1. The highest BCUT2D eigenvalue weighted by Gasteiger charge is 2.30. The minimum atomic E-state index is -1.02. The first-order valence-electron chi connectivity index (χ1n) is 8.80. The van der Waals surface area contributed by atoms with Crippen molar-refractivity contribution in [1.82, 2.24) is 4.90 Å². The van der Waals surface area contributed by atoms with Gasteiger partial charge in [-0.15, -0.1) is 0 Å². The normalized spacial score (nSPS) is 16.6. The van der Waals surface area contributed by atoms with Gasteiger partial charge < -0.3 is 14.7 Å². The molecule has 0 unspecified atom stereocenters. The molecule has 3 rings (SSSR count). The SMILES string of the molecule is COc1ccc([C@H](C(=O)O)N2CCCN(c3ccc(F)cc3)CC2)cc1F. The minimum Gasteiger partial charge on any atom is -0.494 e. The second-order valence-corrected chi connectivity index (χ2v) is 6.49. The maximum atomic E-state index is 14.1. The summed E-state index contributed by atoms with van der Waals surface area (Å²) in [7, 11) is 1.37. The van der Waals surface area contributed by atoms with Crippen LogP contribution in [0.25, 0.3) is 0 Å². The van der Waals surface area contributed by atoms with E-state index in [0.717, 1.165) is 18.7 Å². The molecule has 0 saturated carbocycles. The summed E-state index contributed by atoms with van der Waals surface area (Å²) >= 11 is 0. The van der Waals surface area contributed by atoms with Gasteiger partial charge in [0.15, 0.2) is 11.6 Å². The molecule has 1 aliphatic heterocycles. The van der Waals surface area contributed by atoms with E-state index in [4.69, 9.17) is 4.74 Å². The molecule has 7 heteroatoms. The molecule has 5 nitrogen and oxygen atoms in total. The van der Waals surface area contributed by atoms with E-state index in [1.54, 1.807) is 18.2 Å². The van der Waals surface area contributed by atoms with E-state index in [1.807, 2.05) is 4.90 Å². The number of halogens is 2. The van der Waals surface area contributed by atoms with Crippen LogP contribution < -0.4 is 9.64 Å². The molecule has 1 heterocycles. The Hall–Kier alpha value is -2.67. The summed E-state index contributed by atoms with van der Waals surface area (Å²) in [4.78, 5) is 15.9. The Balaban J connectivity index is 1.78. The number of carboxylic acid groups (broad SMARTS) is 1. The maximum Gasteiger partial charge on any atom is 0.325 e. The van der Waals surface area contributed by atoms with Gasteiger partial charge in [0, 0.05) is 31.9 Å². The van der Waals surface area contributed by atoms with Crippen LogP contribution >= 0.6 is 0 Å². The number of nitrogens with zero attached hydrogens (tertiary/aromatic N) is 2. The van der Waals surface area contributed by atoms with Crippen LogP contribution in [0.2, 0.25) is 0 Å². The molecule has 1 fully saturated rings. The molecule has 27 heavy (non-hydrogen) atoms. The summed E-state index contributed by atoms with van der Waals surface area (Å²) in [6.45, 7) is 2.42. The highest BCUT2D eigenvalue weighted by molar-refractivity contribution is 5.75. The molecular formula is C20H22F2N2O3. The number of carboxylic acids is 1. The highest BCUT2D eigenvalue weighted by Crippen LogP contribution is 2.28. The third kappa shape index (κ3) is 4.36. The molecule has 0 bridgehead atoms. The number of anilines is 1. The van der Waals surface area contributed by atoms with E-state index < -0.39 is 17.8 Å². The summed E-state index contributed by atoms with van der Waals surface area (Å²) in [6.07, 6.45) is 0.750. The van der Waals surface area contributed by atoms with E-state index in [0.29, 0.717) is 25.2 Å². The van der Waals surface area contributed by atoms with E-state index in [-0.39, 0.29) is 11.6 Å². The zero-order valence-electron chi connectivity index (χ0n) is 15.1.